The Labute approximate surface area is 101 Å². The number of aromatic nitrogens is 2. The van der Waals surface area contributed by atoms with E-state index in [0.717, 1.165) is 19.3 Å². The second-order valence-corrected chi connectivity index (χ2v) is 5.13. The Morgan fingerprint density at radius 1 is 1.76 bits per heavy atom. The summed E-state index contributed by atoms with van der Waals surface area (Å²) >= 11 is 0. The minimum Gasteiger partial charge on any atom is -0.345 e. The number of carbonyl (C=O) groups excluding carboxylic acids is 1. The second kappa shape index (κ2) is 4.87. The van der Waals surface area contributed by atoms with Gasteiger partial charge in [0.1, 0.15) is 0 Å². The van der Waals surface area contributed by atoms with Crippen LogP contribution in [-0.2, 0) is 0 Å². The fourth-order valence-corrected chi connectivity index (χ4v) is 2.70. The third-order valence-electron chi connectivity index (χ3n) is 3.62. The summed E-state index contributed by atoms with van der Waals surface area (Å²) in [7, 11) is 0. The largest absolute Gasteiger partial charge is 0.345 e. The highest BCUT2D eigenvalue weighted by Crippen LogP contribution is 2.31. The van der Waals surface area contributed by atoms with Crippen molar-refractivity contribution in [2.45, 2.75) is 38.1 Å². The number of H-pyrrole nitrogens is 1. The summed E-state index contributed by atoms with van der Waals surface area (Å²) in [5, 5.41) is 9.52. The number of amides is 1. The highest BCUT2D eigenvalue weighted by Gasteiger charge is 2.35. The van der Waals surface area contributed by atoms with Crippen LogP contribution in [0.5, 0.6) is 0 Å². The van der Waals surface area contributed by atoms with Gasteiger partial charge in [-0.15, -0.1) is 0 Å². The van der Waals surface area contributed by atoms with Gasteiger partial charge in [0.2, 0.25) is 0 Å². The van der Waals surface area contributed by atoms with Gasteiger partial charge in [0.05, 0.1) is 17.3 Å². The lowest BCUT2D eigenvalue weighted by molar-refractivity contribution is 0.0854. The van der Waals surface area contributed by atoms with Gasteiger partial charge in [-0.3, -0.25) is 9.89 Å². The van der Waals surface area contributed by atoms with Crippen molar-refractivity contribution in [3.05, 3.63) is 18.0 Å². The molecule has 2 atom stereocenters. The summed E-state index contributed by atoms with van der Waals surface area (Å²) in [6.45, 7) is 2.72. The number of nitrogens with one attached hydrogen (secondary N) is 2. The average molecular weight is 236 g/mol. The lowest BCUT2D eigenvalue weighted by atomic mass is 9.76. The standard InChI is InChI=1S/C12H20N4O/c1-9-3-2-4-12(5-9,8-13)16-11(17)10-6-14-15-7-10/h6-7,9H,2-5,8,13H2,1H3,(H,14,15)(H,16,17). The molecular weight excluding hydrogens is 216 g/mol. The lowest BCUT2D eigenvalue weighted by Gasteiger charge is -2.39. The van der Waals surface area contributed by atoms with Gasteiger partial charge in [-0.1, -0.05) is 19.8 Å². The summed E-state index contributed by atoms with van der Waals surface area (Å²) in [6, 6.07) is 0. The van der Waals surface area contributed by atoms with Crippen molar-refractivity contribution in [2.75, 3.05) is 6.54 Å². The summed E-state index contributed by atoms with van der Waals surface area (Å²) in [5.41, 5.74) is 6.20. The number of carbonyl (C=O) groups is 1. The zero-order chi connectivity index (χ0) is 12.3. The molecule has 0 aliphatic heterocycles. The molecule has 5 heteroatoms. The van der Waals surface area contributed by atoms with Crippen LogP contribution in [-0.4, -0.2) is 28.2 Å². The third kappa shape index (κ3) is 2.66. The smallest absolute Gasteiger partial charge is 0.254 e. The molecule has 1 aliphatic rings. The SMILES string of the molecule is CC1CCCC(CN)(NC(=O)c2cn[nH]c2)C1. The fraction of sp³-hybridized carbons (Fsp3) is 0.667. The van der Waals surface area contributed by atoms with Crippen molar-refractivity contribution < 1.29 is 4.79 Å². The van der Waals surface area contributed by atoms with Gasteiger partial charge in [0, 0.05) is 12.7 Å². The van der Waals surface area contributed by atoms with Crippen molar-refractivity contribution in [3.8, 4) is 0 Å². The molecule has 2 unspecified atom stereocenters. The van der Waals surface area contributed by atoms with E-state index < -0.39 is 0 Å². The predicted octanol–water partition coefficient (Wildman–Crippen LogP) is 1.05. The van der Waals surface area contributed by atoms with Crippen molar-refractivity contribution in [1.29, 1.82) is 0 Å². The first-order chi connectivity index (χ1) is 8.15. The summed E-state index contributed by atoms with van der Waals surface area (Å²) in [5.74, 6) is 0.537. The summed E-state index contributed by atoms with van der Waals surface area (Å²) in [6.07, 6.45) is 7.43. The predicted molar refractivity (Wildman–Crippen MR) is 65.5 cm³/mol. The van der Waals surface area contributed by atoms with E-state index in [1.165, 1.54) is 12.6 Å². The number of rotatable bonds is 3. The van der Waals surface area contributed by atoms with Gasteiger partial charge >= 0.3 is 0 Å². The minimum atomic E-state index is -0.230. The molecule has 1 aliphatic carbocycles. The molecule has 0 saturated heterocycles. The maximum atomic E-state index is 12.0. The first-order valence-electron chi connectivity index (χ1n) is 6.16. The lowest BCUT2D eigenvalue weighted by Crippen LogP contribution is -2.55. The van der Waals surface area contributed by atoms with Gasteiger partial charge in [0.25, 0.3) is 5.91 Å². The highest BCUT2D eigenvalue weighted by molar-refractivity contribution is 5.94. The Morgan fingerprint density at radius 3 is 3.18 bits per heavy atom. The maximum absolute atomic E-state index is 12.0. The molecule has 17 heavy (non-hydrogen) atoms. The quantitative estimate of drug-likeness (QED) is 0.733. The molecule has 0 spiro atoms. The van der Waals surface area contributed by atoms with Crippen LogP contribution in [0.4, 0.5) is 0 Å². The molecule has 0 bridgehead atoms. The van der Waals surface area contributed by atoms with Crippen LogP contribution >= 0.6 is 0 Å². The molecule has 5 nitrogen and oxygen atoms in total. The summed E-state index contributed by atoms with van der Waals surface area (Å²) < 4.78 is 0. The van der Waals surface area contributed by atoms with Crippen LogP contribution in [0.3, 0.4) is 0 Å². The van der Waals surface area contributed by atoms with Crippen molar-refractivity contribution in [3.63, 3.8) is 0 Å². The first-order valence-corrected chi connectivity index (χ1v) is 6.16. The zero-order valence-corrected chi connectivity index (χ0v) is 10.2. The Bertz CT molecular complexity index is 376. The van der Waals surface area contributed by atoms with Crippen LogP contribution in [0.2, 0.25) is 0 Å². The van der Waals surface area contributed by atoms with Crippen LogP contribution in [0.1, 0.15) is 43.0 Å². The van der Waals surface area contributed by atoms with E-state index in [1.807, 2.05) is 0 Å². The molecule has 2 rings (SSSR count). The first kappa shape index (κ1) is 12.1. The van der Waals surface area contributed by atoms with Crippen molar-refractivity contribution in [2.24, 2.45) is 11.7 Å². The van der Waals surface area contributed by atoms with E-state index in [1.54, 1.807) is 6.20 Å². The molecule has 1 amide bonds. The Kier molecular flexibility index (Phi) is 3.47. The third-order valence-corrected chi connectivity index (χ3v) is 3.62. The minimum absolute atomic E-state index is 0.0849. The molecule has 0 aromatic carbocycles. The Hall–Kier alpha value is -1.36. The maximum Gasteiger partial charge on any atom is 0.254 e. The number of hydrogen-bond donors (Lipinski definition) is 3. The topological polar surface area (TPSA) is 83.8 Å². The Balaban J connectivity index is 2.06. The van der Waals surface area contributed by atoms with E-state index >= 15 is 0 Å². The molecule has 1 heterocycles. The van der Waals surface area contributed by atoms with Crippen LogP contribution in [0.25, 0.3) is 0 Å². The average Bonchev–Trinajstić information content (AvgIpc) is 2.82. The Morgan fingerprint density at radius 2 is 2.59 bits per heavy atom. The van der Waals surface area contributed by atoms with Crippen LogP contribution in [0, 0.1) is 5.92 Å². The molecule has 1 fully saturated rings. The highest BCUT2D eigenvalue weighted by atomic mass is 16.1. The zero-order valence-electron chi connectivity index (χ0n) is 10.2. The van der Waals surface area contributed by atoms with Gasteiger partial charge in [-0.2, -0.15) is 5.10 Å². The summed E-state index contributed by atoms with van der Waals surface area (Å²) in [4.78, 5) is 12.0. The molecule has 1 saturated carbocycles. The molecule has 0 radical (unpaired) electrons. The van der Waals surface area contributed by atoms with Crippen LogP contribution in [0.15, 0.2) is 12.4 Å². The van der Waals surface area contributed by atoms with E-state index in [-0.39, 0.29) is 11.4 Å². The van der Waals surface area contributed by atoms with E-state index in [4.69, 9.17) is 5.73 Å². The van der Waals surface area contributed by atoms with Gasteiger partial charge in [-0.25, -0.2) is 0 Å². The van der Waals surface area contributed by atoms with Crippen LogP contribution < -0.4 is 11.1 Å². The molecule has 1 aromatic rings. The number of hydrogen-bond acceptors (Lipinski definition) is 3. The van der Waals surface area contributed by atoms with E-state index in [0.29, 0.717) is 18.0 Å². The van der Waals surface area contributed by atoms with Crippen molar-refractivity contribution in [1.82, 2.24) is 15.5 Å². The van der Waals surface area contributed by atoms with Gasteiger partial charge in [-0.05, 0) is 18.8 Å². The molecule has 4 N–H and O–H groups in total. The van der Waals surface area contributed by atoms with Gasteiger partial charge < -0.3 is 11.1 Å². The monoisotopic (exact) mass is 236 g/mol. The molecule has 94 valence electrons. The van der Waals surface area contributed by atoms with E-state index in [9.17, 15) is 4.79 Å². The number of nitrogens with zero attached hydrogens (tertiary/aromatic N) is 1. The molecule has 1 aromatic heterocycles. The number of nitrogens with two attached hydrogens (primary N) is 1. The van der Waals surface area contributed by atoms with Gasteiger partial charge in [0.15, 0.2) is 0 Å². The fourth-order valence-electron chi connectivity index (χ4n) is 2.70. The van der Waals surface area contributed by atoms with E-state index in [2.05, 4.69) is 22.4 Å². The van der Waals surface area contributed by atoms with Crippen molar-refractivity contribution >= 4 is 5.91 Å². The normalized spacial score (nSPS) is 28.9. The second-order valence-electron chi connectivity index (χ2n) is 5.13. The number of aromatic amines is 1. The molecular formula is C12H20N4O.